The third-order valence-corrected chi connectivity index (χ3v) is 2.57. The van der Waals surface area contributed by atoms with E-state index in [-0.39, 0.29) is 6.61 Å². The van der Waals surface area contributed by atoms with Crippen LogP contribution in [0, 0.1) is 0 Å². The van der Waals surface area contributed by atoms with Gasteiger partial charge in [-0.2, -0.15) is 0 Å². The molecular formula is C12H15NO. The van der Waals surface area contributed by atoms with Crippen LogP contribution in [0.1, 0.15) is 11.1 Å². The van der Waals surface area contributed by atoms with Gasteiger partial charge in [0, 0.05) is 13.1 Å². The van der Waals surface area contributed by atoms with Crippen molar-refractivity contribution in [3.05, 3.63) is 41.5 Å². The van der Waals surface area contributed by atoms with E-state index in [9.17, 15) is 0 Å². The predicted molar refractivity (Wildman–Crippen MR) is 57.8 cm³/mol. The summed E-state index contributed by atoms with van der Waals surface area (Å²) in [6.07, 6.45) is 2.25. The van der Waals surface area contributed by atoms with E-state index in [1.54, 1.807) is 0 Å². The molecule has 0 amide bonds. The summed E-state index contributed by atoms with van der Waals surface area (Å²) in [5.41, 5.74) is 3.58. The Kier molecular flexibility index (Phi) is 2.66. The standard InChI is InChI=1S/C12H15NO/c1-13-6-5-12(8-13)11-4-2-3-10(7-11)9-14/h2-5,7,14H,6,8-9H2,1H3. The number of hydrogen-bond acceptors (Lipinski definition) is 2. The van der Waals surface area contributed by atoms with E-state index in [0.717, 1.165) is 18.7 Å². The molecule has 0 radical (unpaired) electrons. The molecule has 0 bridgehead atoms. The Morgan fingerprint density at radius 2 is 2.29 bits per heavy atom. The van der Waals surface area contributed by atoms with E-state index < -0.39 is 0 Å². The van der Waals surface area contributed by atoms with E-state index in [4.69, 9.17) is 5.11 Å². The zero-order valence-corrected chi connectivity index (χ0v) is 8.40. The smallest absolute Gasteiger partial charge is 0.0682 e. The summed E-state index contributed by atoms with van der Waals surface area (Å²) in [6, 6.07) is 8.11. The summed E-state index contributed by atoms with van der Waals surface area (Å²) < 4.78 is 0. The van der Waals surface area contributed by atoms with Crippen molar-refractivity contribution >= 4 is 5.57 Å². The molecule has 2 rings (SSSR count). The Morgan fingerprint density at radius 1 is 1.43 bits per heavy atom. The topological polar surface area (TPSA) is 23.5 Å². The molecule has 0 spiro atoms. The average Bonchev–Trinajstić information content (AvgIpc) is 2.65. The number of likely N-dealkylation sites (N-methyl/N-ethyl adjacent to an activating group) is 1. The van der Waals surface area contributed by atoms with E-state index in [1.165, 1.54) is 11.1 Å². The Morgan fingerprint density at radius 3 is 2.93 bits per heavy atom. The van der Waals surface area contributed by atoms with Gasteiger partial charge >= 0.3 is 0 Å². The summed E-state index contributed by atoms with van der Waals surface area (Å²) in [5.74, 6) is 0. The van der Waals surface area contributed by atoms with Crippen LogP contribution in [0.2, 0.25) is 0 Å². The van der Waals surface area contributed by atoms with Crippen LogP contribution in [0.25, 0.3) is 5.57 Å². The van der Waals surface area contributed by atoms with Crippen LogP contribution in [0.5, 0.6) is 0 Å². The molecule has 1 aromatic rings. The zero-order valence-electron chi connectivity index (χ0n) is 8.40. The lowest BCUT2D eigenvalue weighted by atomic mass is 10.0. The average molecular weight is 189 g/mol. The van der Waals surface area contributed by atoms with Gasteiger partial charge in [0.2, 0.25) is 0 Å². The number of aliphatic hydroxyl groups is 1. The highest BCUT2D eigenvalue weighted by Gasteiger charge is 2.11. The van der Waals surface area contributed by atoms with Crippen molar-refractivity contribution in [2.75, 3.05) is 20.1 Å². The fourth-order valence-corrected chi connectivity index (χ4v) is 1.76. The molecule has 0 atom stereocenters. The second kappa shape index (κ2) is 3.95. The molecule has 1 heterocycles. The van der Waals surface area contributed by atoms with Crippen LogP contribution < -0.4 is 0 Å². The summed E-state index contributed by atoms with van der Waals surface area (Å²) in [4.78, 5) is 2.26. The van der Waals surface area contributed by atoms with Gasteiger partial charge in [-0.3, -0.25) is 4.90 Å². The molecule has 0 aliphatic carbocycles. The summed E-state index contributed by atoms with van der Waals surface area (Å²) in [6.45, 7) is 2.16. The molecular weight excluding hydrogens is 174 g/mol. The molecule has 0 fully saturated rings. The van der Waals surface area contributed by atoms with Gasteiger partial charge in [-0.1, -0.05) is 24.3 Å². The number of benzene rings is 1. The van der Waals surface area contributed by atoms with Crippen molar-refractivity contribution in [2.45, 2.75) is 6.61 Å². The number of rotatable bonds is 2. The number of nitrogens with zero attached hydrogens (tertiary/aromatic N) is 1. The van der Waals surface area contributed by atoms with Crippen LogP contribution in [0.15, 0.2) is 30.3 Å². The van der Waals surface area contributed by atoms with Crippen molar-refractivity contribution in [1.82, 2.24) is 4.90 Å². The highest BCUT2D eigenvalue weighted by Crippen LogP contribution is 2.20. The maximum atomic E-state index is 9.03. The number of aliphatic hydroxyl groups excluding tert-OH is 1. The van der Waals surface area contributed by atoms with Gasteiger partial charge in [-0.05, 0) is 29.8 Å². The van der Waals surface area contributed by atoms with Crippen LogP contribution in [-0.4, -0.2) is 30.1 Å². The number of hydrogen-bond donors (Lipinski definition) is 1. The molecule has 2 nitrogen and oxygen atoms in total. The first kappa shape index (κ1) is 9.44. The minimum absolute atomic E-state index is 0.122. The SMILES string of the molecule is CN1CC=C(c2cccc(CO)c2)C1. The summed E-state index contributed by atoms with van der Waals surface area (Å²) in [7, 11) is 2.11. The first-order valence-electron chi connectivity index (χ1n) is 4.87. The second-order valence-corrected chi connectivity index (χ2v) is 3.78. The molecule has 0 saturated carbocycles. The van der Waals surface area contributed by atoms with Crippen molar-refractivity contribution < 1.29 is 5.11 Å². The van der Waals surface area contributed by atoms with Gasteiger partial charge in [0.15, 0.2) is 0 Å². The molecule has 1 N–H and O–H groups in total. The molecule has 2 heteroatoms. The lowest BCUT2D eigenvalue weighted by molar-refractivity contribution is 0.282. The lowest BCUT2D eigenvalue weighted by Crippen LogP contribution is -2.13. The molecule has 1 aliphatic rings. The molecule has 0 saturated heterocycles. The third kappa shape index (κ3) is 1.86. The van der Waals surface area contributed by atoms with Crippen molar-refractivity contribution in [2.24, 2.45) is 0 Å². The fourth-order valence-electron chi connectivity index (χ4n) is 1.76. The first-order chi connectivity index (χ1) is 6.79. The summed E-state index contributed by atoms with van der Waals surface area (Å²) >= 11 is 0. The van der Waals surface area contributed by atoms with Crippen molar-refractivity contribution in [1.29, 1.82) is 0 Å². The highest BCUT2D eigenvalue weighted by atomic mass is 16.3. The Hall–Kier alpha value is -1.12. The molecule has 1 aromatic carbocycles. The zero-order chi connectivity index (χ0) is 9.97. The summed E-state index contributed by atoms with van der Waals surface area (Å²) in [5, 5.41) is 9.03. The molecule has 0 unspecified atom stereocenters. The van der Waals surface area contributed by atoms with Crippen LogP contribution in [0.4, 0.5) is 0 Å². The van der Waals surface area contributed by atoms with Gasteiger partial charge in [-0.25, -0.2) is 0 Å². The van der Waals surface area contributed by atoms with E-state index in [1.807, 2.05) is 12.1 Å². The quantitative estimate of drug-likeness (QED) is 0.762. The van der Waals surface area contributed by atoms with E-state index >= 15 is 0 Å². The predicted octanol–water partition coefficient (Wildman–Crippen LogP) is 1.51. The highest BCUT2D eigenvalue weighted by molar-refractivity contribution is 5.69. The minimum Gasteiger partial charge on any atom is -0.392 e. The first-order valence-corrected chi connectivity index (χ1v) is 4.87. The molecule has 14 heavy (non-hydrogen) atoms. The normalized spacial score (nSPS) is 17.1. The largest absolute Gasteiger partial charge is 0.392 e. The second-order valence-electron chi connectivity index (χ2n) is 3.78. The monoisotopic (exact) mass is 189 g/mol. The van der Waals surface area contributed by atoms with Gasteiger partial charge in [-0.15, -0.1) is 0 Å². The molecule has 0 aromatic heterocycles. The maximum Gasteiger partial charge on any atom is 0.0682 e. The van der Waals surface area contributed by atoms with Crippen LogP contribution in [0.3, 0.4) is 0 Å². The van der Waals surface area contributed by atoms with Crippen LogP contribution in [-0.2, 0) is 6.61 Å². The molecule has 74 valence electrons. The Labute approximate surface area is 84.5 Å². The third-order valence-electron chi connectivity index (χ3n) is 2.57. The van der Waals surface area contributed by atoms with Gasteiger partial charge in [0.1, 0.15) is 0 Å². The Bertz CT molecular complexity index is 357. The van der Waals surface area contributed by atoms with Crippen molar-refractivity contribution in [3.63, 3.8) is 0 Å². The molecule has 1 aliphatic heterocycles. The van der Waals surface area contributed by atoms with Gasteiger partial charge in [0.05, 0.1) is 6.61 Å². The van der Waals surface area contributed by atoms with E-state index in [2.05, 4.69) is 30.2 Å². The minimum atomic E-state index is 0.122. The fraction of sp³-hybridized carbons (Fsp3) is 0.333. The Balaban J connectivity index is 2.24. The lowest BCUT2D eigenvalue weighted by Gasteiger charge is -2.08. The maximum absolute atomic E-state index is 9.03. The van der Waals surface area contributed by atoms with Crippen LogP contribution >= 0.6 is 0 Å². The van der Waals surface area contributed by atoms with E-state index in [0.29, 0.717) is 0 Å². The van der Waals surface area contributed by atoms with Gasteiger partial charge < -0.3 is 5.11 Å². The van der Waals surface area contributed by atoms with Crippen molar-refractivity contribution in [3.8, 4) is 0 Å². The van der Waals surface area contributed by atoms with Gasteiger partial charge in [0.25, 0.3) is 0 Å².